The Morgan fingerprint density at radius 3 is 2.43 bits per heavy atom. The van der Waals surface area contributed by atoms with Crippen molar-refractivity contribution < 1.29 is 19.1 Å². The van der Waals surface area contributed by atoms with Crippen molar-refractivity contribution in [2.45, 2.75) is 50.6 Å². The van der Waals surface area contributed by atoms with Crippen LogP contribution in [0.25, 0.3) is 22.2 Å². The average Bonchev–Trinajstić information content (AvgIpc) is 3.40. The summed E-state index contributed by atoms with van der Waals surface area (Å²) >= 11 is 0. The molecule has 2 unspecified atom stereocenters. The molecule has 1 amide bonds. The minimum absolute atomic E-state index is 0.108. The zero-order valence-electron chi connectivity index (χ0n) is 24.5. The fourth-order valence-electron chi connectivity index (χ4n) is 5.90. The third-order valence-corrected chi connectivity index (χ3v) is 8.08. The molecule has 2 heterocycles. The molecular formula is C34H40N4O4. The summed E-state index contributed by atoms with van der Waals surface area (Å²) in [5, 5.41) is 0. The first-order chi connectivity index (χ1) is 20.5. The number of fused-ring (bicyclic) bond motifs is 1. The van der Waals surface area contributed by atoms with Gasteiger partial charge in [0.2, 0.25) is 5.91 Å². The monoisotopic (exact) mass is 568 g/mol. The Morgan fingerprint density at radius 2 is 1.71 bits per heavy atom. The van der Waals surface area contributed by atoms with Crippen LogP contribution < -0.4 is 5.73 Å². The van der Waals surface area contributed by atoms with Crippen LogP contribution >= 0.6 is 0 Å². The van der Waals surface area contributed by atoms with Gasteiger partial charge in [-0.3, -0.25) is 4.79 Å². The van der Waals surface area contributed by atoms with Crippen molar-refractivity contribution in [3.8, 4) is 11.1 Å². The number of amides is 1. The summed E-state index contributed by atoms with van der Waals surface area (Å²) in [6, 6.07) is 23.5. The van der Waals surface area contributed by atoms with Gasteiger partial charge >= 0.3 is 5.97 Å². The second kappa shape index (κ2) is 13.8. The van der Waals surface area contributed by atoms with Crippen LogP contribution in [0.1, 0.15) is 53.3 Å². The summed E-state index contributed by atoms with van der Waals surface area (Å²) < 4.78 is 12.4. The van der Waals surface area contributed by atoms with E-state index in [1.165, 1.54) is 7.11 Å². The van der Waals surface area contributed by atoms with E-state index in [9.17, 15) is 9.59 Å². The lowest BCUT2D eigenvalue weighted by Gasteiger charge is -2.33. The van der Waals surface area contributed by atoms with E-state index in [-0.39, 0.29) is 23.8 Å². The third-order valence-electron chi connectivity index (χ3n) is 8.08. The van der Waals surface area contributed by atoms with E-state index in [0.29, 0.717) is 31.6 Å². The van der Waals surface area contributed by atoms with Crippen molar-refractivity contribution in [2.75, 3.05) is 33.9 Å². The van der Waals surface area contributed by atoms with Gasteiger partial charge in [-0.1, -0.05) is 48.5 Å². The van der Waals surface area contributed by atoms with Crippen LogP contribution in [0, 0.1) is 0 Å². The van der Waals surface area contributed by atoms with Crippen LogP contribution in [0.2, 0.25) is 0 Å². The summed E-state index contributed by atoms with van der Waals surface area (Å²) in [4.78, 5) is 32.0. The Hall–Kier alpha value is -4.01. The summed E-state index contributed by atoms with van der Waals surface area (Å²) in [6.45, 7) is 2.97. The Labute approximate surface area is 247 Å². The number of nitrogens with zero attached hydrogens (tertiary/aromatic N) is 3. The lowest BCUT2D eigenvalue weighted by atomic mass is 9.95. The largest absolute Gasteiger partial charge is 0.465 e. The molecule has 0 saturated carbocycles. The molecule has 220 valence electrons. The highest BCUT2D eigenvalue weighted by molar-refractivity contribution is 5.90. The lowest BCUT2D eigenvalue weighted by molar-refractivity contribution is -0.132. The number of carbonyl (C=O) groups excluding carboxylic acids is 2. The van der Waals surface area contributed by atoms with Gasteiger partial charge in [0.05, 0.1) is 23.7 Å². The summed E-state index contributed by atoms with van der Waals surface area (Å²) in [6.07, 6.45) is 3.82. The van der Waals surface area contributed by atoms with E-state index in [0.717, 1.165) is 65.9 Å². The van der Waals surface area contributed by atoms with Crippen molar-refractivity contribution in [3.05, 3.63) is 89.7 Å². The van der Waals surface area contributed by atoms with Gasteiger partial charge in [0.1, 0.15) is 5.82 Å². The summed E-state index contributed by atoms with van der Waals surface area (Å²) in [7, 11) is 3.10. The van der Waals surface area contributed by atoms with E-state index in [1.54, 1.807) is 19.2 Å². The molecule has 4 aromatic rings. The zero-order chi connectivity index (χ0) is 29.5. The maximum Gasteiger partial charge on any atom is 0.337 e. The van der Waals surface area contributed by atoms with Crippen molar-refractivity contribution in [1.82, 2.24) is 14.5 Å². The Kier molecular flexibility index (Phi) is 9.66. The highest BCUT2D eigenvalue weighted by Crippen LogP contribution is 2.30. The fourth-order valence-corrected chi connectivity index (χ4v) is 5.90. The number of carbonyl (C=O) groups is 2. The first-order valence-electron chi connectivity index (χ1n) is 14.7. The Morgan fingerprint density at radius 1 is 1.00 bits per heavy atom. The topological polar surface area (TPSA) is 99.7 Å². The van der Waals surface area contributed by atoms with Crippen molar-refractivity contribution in [1.29, 1.82) is 0 Å². The van der Waals surface area contributed by atoms with Crippen molar-refractivity contribution in [3.63, 3.8) is 0 Å². The molecule has 3 aromatic carbocycles. The molecule has 0 radical (unpaired) electrons. The van der Waals surface area contributed by atoms with Crippen LogP contribution in [-0.2, 0) is 27.2 Å². The number of aromatic nitrogens is 2. The number of para-hydroxylation sites is 2. The SMILES string of the molecule is COCCCn1c(C2CCCN(C(=O)CC(N)Cc3ccc(-c4ccc(C(=O)OC)cc4)cc3)C2)nc2ccccc21. The van der Waals surface area contributed by atoms with E-state index in [2.05, 4.69) is 34.9 Å². The number of imidazole rings is 1. The highest BCUT2D eigenvalue weighted by Gasteiger charge is 2.29. The van der Waals surface area contributed by atoms with Gasteiger partial charge < -0.3 is 24.7 Å². The molecule has 42 heavy (non-hydrogen) atoms. The molecule has 5 rings (SSSR count). The molecule has 8 heteroatoms. The minimum atomic E-state index is -0.349. The van der Waals surface area contributed by atoms with E-state index in [1.807, 2.05) is 35.2 Å². The molecule has 0 bridgehead atoms. The van der Waals surface area contributed by atoms with Gasteiger partial charge in [-0.25, -0.2) is 9.78 Å². The number of piperidine rings is 1. The molecule has 1 saturated heterocycles. The summed E-state index contributed by atoms with van der Waals surface area (Å²) in [5.41, 5.74) is 12.3. The normalized spacial score (nSPS) is 16.0. The van der Waals surface area contributed by atoms with Crippen LogP contribution in [0.5, 0.6) is 0 Å². The van der Waals surface area contributed by atoms with Crippen LogP contribution in [0.15, 0.2) is 72.8 Å². The molecule has 1 fully saturated rings. The Balaban J connectivity index is 1.19. The molecule has 1 aliphatic heterocycles. The number of likely N-dealkylation sites (tertiary alicyclic amines) is 1. The smallest absolute Gasteiger partial charge is 0.337 e. The predicted molar refractivity (Wildman–Crippen MR) is 164 cm³/mol. The van der Waals surface area contributed by atoms with Gasteiger partial charge in [-0.05, 0) is 66.6 Å². The second-order valence-electron chi connectivity index (χ2n) is 11.1. The van der Waals surface area contributed by atoms with Crippen LogP contribution in [0.4, 0.5) is 0 Å². The molecule has 1 aliphatic rings. The van der Waals surface area contributed by atoms with Gasteiger partial charge in [0.15, 0.2) is 0 Å². The fraction of sp³-hybridized carbons (Fsp3) is 0.382. The number of esters is 1. The third kappa shape index (κ3) is 6.89. The molecule has 2 N–H and O–H groups in total. The average molecular weight is 569 g/mol. The van der Waals surface area contributed by atoms with E-state index < -0.39 is 0 Å². The molecule has 2 atom stereocenters. The maximum atomic E-state index is 13.3. The predicted octanol–water partition coefficient (Wildman–Crippen LogP) is 5.19. The summed E-state index contributed by atoms with van der Waals surface area (Å²) in [5.74, 6) is 1.02. The van der Waals surface area contributed by atoms with Crippen LogP contribution in [0.3, 0.4) is 0 Å². The van der Waals surface area contributed by atoms with Crippen molar-refractivity contribution in [2.24, 2.45) is 5.73 Å². The standard InChI is InChI=1S/C34H40N4O4/c1-41-20-6-19-38-31-9-4-3-8-30(31)36-33(38)28-7-5-18-37(23-28)32(39)22-29(35)21-24-10-12-25(13-11-24)26-14-16-27(17-15-26)34(40)42-2/h3-4,8-17,28-29H,5-7,18-23,35H2,1-2H3. The molecule has 1 aromatic heterocycles. The minimum Gasteiger partial charge on any atom is -0.465 e. The second-order valence-corrected chi connectivity index (χ2v) is 11.1. The highest BCUT2D eigenvalue weighted by atomic mass is 16.5. The van der Waals surface area contributed by atoms with Gasteiger partial charge in [0, 0.05) is 51.7 Å². The number of benzene rings is 3. The number of ether oxygens (including phenoxy) is 2. The molecule has 0 aliphatic carbocycles. The number of hydrogen-bond acceptors (Lipinski definition) is 6. The number of aryl methyl sites for hydroxylation is 1. The Bertz CT molecular complexity index is 1500. The quantitative estimate of drug-likeness (QED) is 0.197. The molecular weight excluding hydrogens is 528 g/mol. The lowest BCUT2D eigenvalue weighted by Crippen LogP contribution is -2.42. The van der Waals surface area contributed by atoms with Gasteiger partial charge in [0.25, 0.3) is 0 Å². The van der Waals surface area contributed by atoms with Gasteiger partial charge in [-0.15, -0.1) is 0 Å². The first-order valence-corrected chi connectivity index (χ1v) is 14.7. The molecule has 8 nitrogen and oxygen atoms in total. The number of nitrogens with two attached hydrogens (primary N) is 1. The number of hydrogen-bond donors (Lipinski definition) is 1. The number of methoxy groups -OCH3 is 2. The number of rotatable bonds is 11. The first kappa shape index (κ1) is 29.5. The maximum absolute atomic E-state index is 13.3. The van der Waals surface area contributed by atoms with E-state index >= 15 is 0 Å². The van der Waals surface area contributed by atoms with Crippen molar-refractivity contribution >= 4 is 22.9 Å². The van der Waals surface area contributed by atoms with Gasteiger partial charge in [-0.2, -0.15) is 0 Å². The zero-order valence-corrected chi connectivity index (χ0v) is 24.5. The van der Waals surface area contributed by atoms with Crippen LogP contribution in [-0.4, -0.2) is 66.3 Å². The molecule has 0 spiro atoms. The van der Waals surface area contributed by atoms with E-state index in [4.69, 9.17) is 20.2 Å².